The molecule has 0 aliphatic rings. The summed E-state index contributed by atoms with van der Waals surface area (Å²) < 4.78 is 24.6. The third-order valence-corrected chi connectivity index (χ3v) is 3.99. The van der Waals surface area contributed by atoms with Gasteiger partial charge in [0.25, 0.3) is 5.91 Å². The van der Waals surface area contributed by atoms with E-state index in [1.165, 1.54) is 5.56 Å². The van der Waals surface area contributed by atoms with Crippen LogP contribution in [0.3, 0.4) is 0 Å². The Morgan fingerprint density at radius 1 is 1.04 bits per heavy atom. The van der Waals surface area contributed by atoms with Crippen molar-refractivity contribution in [1.82, 2.24) is 5.32 Å². The SMILES string of the molecule is C[C@H](CNC(=O)c1ccc(NS(C)(=O)=O)cc1)c1ccccc1. The van der Waals surface area contributed by atoms with Crippen LogP contribution >= 0.6 is 0 Å². The Bertz CT molecular complexity index is 756. The van der Waals surface area contributed by atoms with Gasteiger partial charge in [0.05, 0.1) is 6.26 Å². The summed E-state index contributed by atoms with van der Waals surface area (Å²) in [5.74, 6) is 0.0324. The van der Waals surface area contributed by atoms with Crippen LogP contribution in [0.15, 0.2) is 54.6 Å². The fourth-order valence-corrected chi connectivity index (χ4v) is 2.72. The summed E-state index contributed by atoms with van der Waals surface area (Å²) in [6.45, 7) is 2.58. The van der Waals surface area contributed by atoms with E-state index in [0.717, 1.165) is 6.26 Å². The van der Waals surface area contributed by atoms with Crippen LogP contribution < -0.4 is 10.0 Å². The van der Waals surface area contributed by atoms with Crippen molar-refractivity contribution in [2.75, 3.05) is 17.5 Å². The molecule has 0 bridgehead atoms. The summed E-state index contributed by atoms with van der Waals surface area (Å²) in [5, 5.41) is 2.89. The molecule has 1 amide bonds. The van der Waals surface area contributed by atoms with Crippen molar-refractivity contribution in [3.05, 3.63) is 65.7 Å². The average molecular weight is 332 g/mol. The zero-order valence-corrected chi connectivity index (χ0v) is 13.9. The summed E-state index contributed by atoms with van der Waals surface area (Å²) in [6, 6.07) is 16.3. The van der Waals surface area contributed by atoms with E-state index in [-0.39, 0.29) is 11.8 Å². The first-order valence-corrected chi connectivity index (χ1v) is 9.15. The van der Waals surface area contributed by atoms with Gasteiger partial charge in [0.2, 0.25) is 10.0 Å². The smallest absolute Gasteiger partial charge is 0.251 e. The molecule has 1 atom stereocenters. The molecule has 0 fully saturated rings. The molecule has 2 aromatic rings. The maximum atomic E-state index is 12.1. The third-order valence-electron chi connectivity index (χ3n) is 3.39. The number of carbonyl (C=O) groups is 1. The molecule has 0 saturated heterocycles. The number of carbonyl (C=O) groups excluding carboxylic acids is 1. The Kier molecular flexibility index (Phi) is 5.39. The van der Waals surface area contributed by atoms with Crippen LogP contribution in [-0.4, -0.2) is 27.1 Å². The van der Waals surface area contributed by atoms with Crippen molar-refractivity contribution in [2.45, 2.75) is 12.8 Å². The molecule has 2 rings (SSSR count). The van der Waals surface area contributed by atoms with Crippen LogP contribution in [0, 0.1) is 0 Å². The maximum Gasteiger partial charge on any atom is 0.251 e. The number of hydrogen-bond acceptors (Lipinski definition) is 3. The van der Waals surface area contributed by atoms with Crippen molar-refractivity contribution < 1.29 is 13.2 Å². The molecule has 0 saturated carbocycles. The second-order valence-electron chi connectivity index (χ2n) is 5.47. The zero-order chi connectivity index (χ0) is 16.9. The van der Waals surface area contributed by atoms with E-state index in [2.05, 4.69) is 17.0 Å². The predicted molar refractivity (Wildman–Crippen MR) is 92.1 cm³/mol. The van der Waals surface area contributed by atoms with Crippen molar-refractivity contribution in [3.63, 3.8) is 0 Å². The van der Waals surface area contributed by atoms with Gasteiger partial charge in [-0.2, -0.15) is 0 Å². The van der Waals surface area contributed by atoms with Gasteiger partial charge in [-0.1, -0.05) is 37.3 Å². The van der Waals surface area contributed by atoms with E-state index < -0.39 is 10.0 Å². The zero-order valence-electron chi connectivity index (χ0n) is 13.1. The van der Waals surface area contributed by atoms with E-state index in [0.29, 0.717) is 17.8 Å². The average Bonchev–Trinajstić information content (AvgIpc) is 2.52. The summed E-state index contributed by atoms with van der Waals surface area (Å²) in [6.07, 6.45) is 1.08. The summed E-state index contributed by atoms with van der Waals surface area (Å²) >= 11 is 0. The standard InChI is InChI=1S/C17H20N2O3S/c1-13(14-6-4-3-5-7-14)12-18-17(20)15-8-10-16(11-9-15)19-23(2,21)22/h3-11,13,19H,12H2,1-2H3,(H,18,20)/t13-/m1/s1. The number of benzene rings is 2. The van der Waals surface area contributed by atoms with E-state index >= 15 is 0 Å². The summed E-state index contributed by atoms with van der Waals surface area (Å²) in [5.41, 5.74) is 2.09. The molecule has 0 aromatic heterocycles. The molecule has 122 valence electrons. The Morgan fingerprint density at radius 2 is 1.65 bits per heavy atom. The minimum absolute atomic E-state index is 0.182. The fourth-order valence-electron chi connectivity index (χ4n) is 2.15. The maximum absolute atomic E-state index is 12.1. The molecule has 0 aliphatic heterocycles. The summed E-state index contributed by atoms with van der Waals surface area (Å²) in [4.78, 5) is 12.1. The number of sulfonamides is 1. The van der Waals surface area contributed by atoms with E-state index in [1.807, 2.05) is 30.3 Å². The third kappa shape index (κ3) is 5.41. The molecule has 6 heteroatoms. The summed E-state index contributed by atoms with van der Waals surface area (Å²) in [7, 11) is -3.31. The first-order chi connectivity index (χ1) is 10.8. The van der Waals surface area contributed by atoms with Crippen molar-refractivity contribution in [2.24, 2.45) is 0 Å². The van der Waals surface area contributed by atoms with E-state index in [1.54, 1.807) is 24.3 Å². The van der Waals surface area contributed by atoms with Gasteiger partial charge in [-0.3, -0.25) is 9.52 Å². The quantitative estimate of drug-likeness (QED) is 0.854. The van der Waals surface area contributed by atoms with E-state index in [4.69, 9.17) is 0 Å². The molecular formula is C17H20N2O3S. The van der Waals surface area contributed by atoms with Gasteiger partial charge in [0.1, 0.15) is 0 Å². The lowest BCUT2D eigenvalue weighted by molar-refractivity contribution is 0.0951. The van der Waals surface area contributed by atoms with Crippen LogP contribution in [0.5, 0.6) is 0 Å². The first kappa shape index (κ1) is 17.0. The van der Waals surface area contributed by atoms with Gasteiger partial charge in [0.15, 0.2) is 0 Å². The fraction of sp³-hybridized carbons (Fsp3) is 0.235. The van der Waals surface area contributed by atoms with Gasteiger partial charge in [-0.15, -0.1) is 0 Å². The number of nitrogens with one attached hydrogen (secondary N) is 2. The molecule has 0 spiro atoms. The minimum Gasteiger partial charge on any atom is -0.351 e. The molecule has 2 aromatic carbocycles. The van der Waals surface area contributed by atoms with Crippen LogP contribution in [0.2, 0.25) is 0 Å². The number of hydrogen-bond donors (Lipinski definition) is 2. The molecule has 0 aliphatic carbocycles. The minimum atomic E-state index is -3.31. The lowest BCUT2D eigenvalue weighted by atomic mass is 10.0. The molecule has 0 unspecified atom stereocenters. The highest BCUT2D eigenvalue weighted by atomic mass is 32.2. The monoisotopic (exact) mass is 332 g/mol. The molecule has 23 heavy (non-hydrogen) atoms. The van der Waals surface area contributed by atoms with Gasteiger partial charge in [-0.05, 0) is 35.7 Å². The number of amides is 1. The Hall–Kier alpha value is -2.34. The van der Waals surface area contributed by atoms with Gasteiger partial charge >= 0.3 is 0 Å². The number of rotatable bonds is 6. The van der Waals surface area contributed by atoms with Gasteiger partial charge in [0, 0.05) is 17.8 Å². The second-order valence-corrected chi connectivity index (χ2v) is 7.22. The Morgan fingerprint density at radius 3 is 2.22 bits per heavy atom. The van der Waals surface area contributed by atoms with Crippen LogP contribution in [0.4, 0.5) is 5.69 Å². The van der Waals surface area contributed by atoms with Crippen molar-refractivity contribution in [1.29, 1.82) is 0 Å². The predicted octanol–water partition coefficient (Wildman–Crippen LogP) is 2.59. The lowest BCUT2D eigenvalue weighted by Gasteiger charge is -2.13. The highest BCUT2D eigenvalue weighted by Gasteiger charge is 2.10. The van der Waals surface area contributed by atoms with E-state index in [9.17, 15) is 13.2 Å². The van der Waals surface area contributed by atoms with Crippen molar-refractivity contribution >= 4 is 21.6 Å². The Labute approximate surface area is 136 Å². The molecule has 2 N–H and O–H groups in total. The highest BCUT2D eigenvalue weighted by Crippen LogP contribution is 2.14. The van der Waals surface area contributed by atoms with Gasteiger partial charge in [-0.25, -0.2) is 8.42 Å². The van der Waals surface area contributed by atoms with Crippen molar-refractivity contribution in [3.8, 4) is 0 Å². The van der Waals surface area contributed by atoms with Crippen LogP contribution in [-0.2, 0) is 10.0 Å². The lowest BCUT2D eigenvalue weighted by Crippen LogP contribution is -2.27. The van der Waals surface area contributed by atoms with Gasteiger partial charge < -0.3 is 5.32 Å². The highest BCUT2D eigenvalue weighted by molar-refractivity contribution is 7.92. The molecule has 5 nitrogen and oxygen atoms in total. The normalized spacial score (nSPS) is 12.4. The van der Waals surface area contributed by atoms with Crippen LogP contribution in [0.25, 0.3) is 0 Å². The van der Waals surface area contributed by atoms with Crippen LogP contribution in [0.1, 0.15) is 28.8 Å². The Balaban J connectivity index is 1.93. The first-order valence-electron chi connectivity index (χ1n) is 7.26. The molecule has 0 radical (unpaired) electrons. The topological polar surface area (TPSA) is 75.3 Å². The second kappa shape index (κ2) is 7.28. The molecule has 0 heterocycles. The largest absolute Gasteiger partial charge is 0.351 e. The number of anilines is 1. The molecular weight excluding hydrogens is 312 g/mol.